The molecule has 0 saturated heterocycles. The summed E-state index contributed by atoms with van der Waals surface area (Å²) in [7, 11) is 0. The molecule has 1 aromatic rings. The SMILES string of the molecule is C/C(CC(C)C)=N/c1ccc(O)cc1F. The number of benzene rings is 1. The van der Waals surface area contributed by atoms with Gasteiger partial charge in [-0.25, -0.2) is 4.39 Å². The Labute approximate surface area is 89.5 Å². The lowest BCUT2D eigenvalue weighted by Crippen LogP contribution is -1.97. The first-order chi connectivity index (χ1) is 6.99. The van der Waals surface area contributed by atoms with Gasteiger partial charge in [-0.05, 0) is 31.4 Å². The van der Waals surface area contributed by atoms with E-state index >= 15 is 0 Å². The Morgan fingerprint density at radius 1 is 1.47 bits per heavy atom. The molecule has 0 aliphatic rings. The lowest BCUT2D eigenvalue weighted by Gasteiger charge is -2.04. The normalized spacial score (nSPS) is 12.2. The van der Waals surface area contributed by atoms with Crippen molar-refractivity contribution >= 4 is 11.4 Å². The van der Waals surface area contributed by atoms with Crippen molar-refractivity contribution in [3.05, 3.63) is 24.0 Å². The maximum absolute atomic E-state index is 13.3. The van der Waals surface area contributed by atoms with E-state index in [-0.39, 0.29) is 11.4 Å². The number of aromatic hydroxyl groups is 1. The van der Waals surface area contributed by atoms with Crippen LogP contribution >= 0.6 is 0 Å². The van der Waals surface area contributed by atoms with Gasteiger partial charge in [0.1, 0.15) is 5.75 Å². The maximum atomic E-state index is 13.3. The van der Waals surface area contributed by atoms with Crippen LogP contribution < -0.4 is 0 Å². The minimum atomic E-state index is -0.488. The minimum Gasteiger partial charge on any atom is -0.508 e. The summed E-state index contributed by atoms with van der Waals surface area (Å²) in [6.07, 6.45) is 0.848. The van der Waals surface area contributed by atoms with E-state index in [1.165, 1.54) is 12.1 Å². The molecule has 82 valence electrons. The van der Waals surface area contributed by atoms with Crippen LogP contribution in [0.4, 0.5) is 10.1 Å². The van der Waals surface area contributed by atoms with E-state index in [1.54, 1.807) is 0 Å². The van der Waals surface area contributed by atoms with E-state index < -0.39 is 5.82 Å². The summed E-state index contributed by atoms with van der Waals surface area (Å²) in [4.78, 5) is 4.17. The third-order valence-electron chi connectivity index (χ3n) is 1.95. The van der Waals surface area contributed by atoms with Crippen LogP contribution in [0.5, 0.6) is 5.75 Å². The molecule has 0 bridgehead atoms. The van der Waals surface area contributed by atoms with Crippen LogP contribution in [0.25, 0.3) is 0 Å². The van der Waals surface area contributed by atoms with Crippen LogP contribution in [-0.4, -0.2) is 10.8 Å². The van der Waals surface area contributed by atoms with Crippen molar-refractivity contribution < 1.29 is 9.50 Å². The molecule has 2 nitrogen and oxygen atoms in total. The van der Waals surface area contributed by atoms with Crippen LogP contribution in [0.1, 0.15) is 27.2 Å². The van der Waals surface area contributed by atoms with Gasteiger partial charge in [0.2, 0.25) is 0 Å². The van der Waals surface area contributed by atoms with E-state index in [2.05, 4.69) is 18.8 Å². The predicted octanol–water partition coefficient (Wildman–Crippen LogP) is 3.67. The van der Waals surface area contributed by atoms with Gasteiger partial charge in [0.15, 0.2) is 5.82 Å². The van der Waals surface area contributed by atoms with Gasteiger partial charge in [0.25, 0.3) is 0 Å². The van der Waals surface area contributed by atoms with Gasteiger partial charge in [-0.3, -0.25) is 4.99 Å². The van der Waals surface area contributed by atoms with Crippen molar-refractivity contribution in [1.29, 1.82) is 0 Å². The van der Waals surface area contributed by atoms with Crippen molar-refractivity contribution in [2.24, 2.45) is 10.9 Å². The summed E-state index contributed by atoms with van der Waals surface area (Å²) < 4.78 is 13.3. The second-order valence-corrected chi connectivity index (χ2v) is 4.08. The second-order valence-electron chi connectivity index (χ2n) is 4.08. The molecule has 0 atom stereocenters. The molecule has 0 amide bonds. The number of phenolic OH excluding ortho intramolecular Hbond substituents is 1. The van der Waals surface area contributed by atoms with Crippen molar-refractivity contribution in [1.82, 2.24) is 0 Å². The standard InChI is InChI=1S/C12H16FNO/c1-8(2)6-9(3)14-12-5-4-10(15)7-11(12)13/h4-5,7-8,15H,6H2,1-3H3/b14-9-. The van der Waals surface area contributed by atoms with Gasteiger partial charge >= 0.3 is 0 Å². The monoisotopic (exact) mass is 209 g/mol. The second kappa shape index (κ2) is 4.91. The van der Waals surface area contributed by atoms with Crippen LogP contribution in [0.2, 0.25) is 0 Å². The number of rotatable bonds is 3. The number of phenols is 1. The first-order valence-electron chi connectivity index (χ1n) is 5.01. The summed E-state index contributed by atoms with van der Waals surface area (Å²) in [6.45, 7) is 6.06. The zero-order chi connectivity index (χ0) is 11.4. The number of nitrogens with zero attached hydrogens (tertiary/aromatic N) is 1. The van der Waals surface area contributed by atoms with Crippen LogP contribution in [0.15, 0.2) is 23.2 Å². The molecule has 0 radical (unpaired) electrons. The predicted molar refractivity (Wildman–Crippen MR) is 60.3 cm³/mol. The fourth-order valence-electron chi connectivity index (χ4n) is 1.43. The Hall–Kier alpha value is -1.38. The molecule has 1 N–H and O–H groups in total. The molecular weight excluding hydrogens is 193 g/mol. The highest BCUT2D eigenvalue weighted by Crippen LogP contribution is 2.22. The Kier molecular flexibility index (Phi) is 3.83. The summed E-state index contributed by atoms with van der Waals surface area (Å²) in [5.74, 6) is -0.0556. The molecule has 1 aromatic carbocycles. The van der Waals surface area contributed by atoms with Crippen LogP contribution in [-0.2, 0) is 0 Å². The van der Waals surface area contributed by atoms with E-state index in [0.29, 0.717) is 5.92 Å². The van der Waals surface area contributed by atoms with Crippen molar-refractivity contribution in [2.75, 3.05) is 0 Å². The van der Waals surface area contributed by atoms with Crippen molar-refractivity contribution in [2.45, 2.75) is 27.2 Å². The lowest BCUT2D eigenvalue weighted by atomic mass is 10.1. The van der Waals surface area contributed by atoms with E-state index in [9.17, 15) is 4.39 Å². The Morgan fingerprint density at radius 2 is 2.13 bits per heavy atom. The summed E-state index contributed by atoms with van der Waals surface area (Å²) >= 11 is 0. The van der Waals surface area contributed by atoms with Crippen LogP contribution in [0, 0.1) is 11.7 Å². The fourth-order valence-corrected chi connectivity index (χ4v) is 1.43. The Morgan fingerprint density at radius 3 is 2.67 bits per heavy atom. The summed E-state index contributed by atoms with van der Waals surface area (Å²) in [5.41, 5.74) is 1.18. The molecule has 0 saturated carbocycles. The number of halogens is 1. The van der Waals surface area contributed by atoms with Crippen LogP contribution in [0.3, 0.4) is 0 Å². The van der Waals surface area contributed by atoms with Gasteiger partial charge < -0.3 is 5.11 Å². The molecule has 0 unspecified atom stereocenters. The lowest BCUT2D eigenvalue weighted by molar-refractivity contribution is 0.469. The first kappa shape index (κ1) is 11.7. The van der Waals surface area contributed by atoms with E-state index in [1.807, 2.05) is 6.92 Å². The number of hydrogen-bond donors (Lipinski definition) is 1. The molecule has 0 aliphatic heterocycles. The fraction of sp³-hybridized carbons (Fsp3) is 0.417. The minimum absolute atomic E-state index is 0.0760. The average Bonchev–Trinajstić information content (AvgIpc) is 2.08. The first-order valence-corrected chi connectivity index (χ1v) is 5.01. The highest BCUT2D eigenvalue weighted by atomic mass is 19.1. The molecule has 1 rings (SSSR count). The summed E-state index contributed by atoms with van der Waals surface area (Å²) in [5, 5.41) is 9.03. The van der Waals surface area contributed by atoms with Gasteiger partial charge in [0.05, 0.1) is 5.69 Å². The molecule has 0 heterocycles. The van der Waals surface area contributed by atoms with Gasteiger partial charge in [-0.15, -0.1) is 0 Å². The smallest absolute Gasteiger partial charge is 0.152 e. The third-order valence-corrected chi connectivity index (χ3v) is 1.95. The molecule has 15 heavy (non-hydrogen) atoms. The van der Waals surface area contributed by atoms with E-state index in [0.717, 1.165) is 18.2 Å². The largest absolute Gasteiger partial charge is 0.508 e. The molecule has 0 aliphatic carbocycles. The Balaban J connectivity index is 2.88. The van der Waals surface area contributed by atoms with Crippen molar-refractivity contribution in [3.8, 4) is 5.75 Å². The molecule has 3 heteroatoms. The zero-order valence-corrected chi connectivity index (χ0v) is 9.29. The summed E-state index contributed by atoms with van der Waals surface area (Å²) in [6, 6.07) is 3.99. The van der Waals surface area contributed by atoms with Crippen molar-refractivity contribution in [3.63, 3.8) is 0 Å². The average molecular weight is 209 g/mol. The molecule has 0 spiro atoms. The molecular formula is C12H16FNO. The highest BCUT2D eigenvalue weighted by molar-refractivity contribution is 5.84. The van der Waals surface area contributed by atoms with E-state index in [4.69, 9.17) is 5.11 Å². The quantitative estimate of drug-likeness (QED) is 0.757. The number of hydrogen-bond acceptors (Lipinski definition) is 2. The van der Waals surface area contributed by atoms with Gasteiger partial charge in [0, 0.05) is 11.8 Å². The maximum Gasteiger partial charge on any atom is 0.152 e. The highest BCUT2D eigenvalue weighted by Gasteiger charge is 2.03. The number of aliphatic imine (C=N–C) groups is 1. The van der Waals surface area contributed by atoms with Gasteiger partial charge in [-0.1, -0.05) is 13.8 Å². The zero-order valence-electron chi connectivity index (χ0n) is 9.29. The molecule has 0 fully saturated rings. The van der Waals surface area contributed by atoms with Gasteiger partial charge in [-0.2, -0.15) is 0 Å². The molecule has 0 aromatic heterocycles. The third kappa shape index (κ3) is 3.70. The topological polar surface area (TPSA) is 32.6 Å². The Bertz CT molecular complexity index is 372.